The number of ketones is 3. The molecule has 0 heterocycles. The minimum Gasteiger partial charge on any atom is -0.508 e. The summed E-state index contributed by atoms with van der Waals surface area (Å²) in [4.78, 5) is 35.6. The van der Waals surface area contributed by atoms with Crippen LogP contribution in [0.3, 0.4) is 0 Å². The Morgan fingerprint density at radius 2 is 1.18 bits per heavy atom. The summed E-state index contributed by atoms with van der Waals surface area (Å²) in [6.07, 6.45) is -0.671. The molecule has 0 aliphatic rings. The molecule has 0 saturated heterocycles. The molecule has 0 aliphatic heterocycles. The number of phenolic OH excluding ortho intramolecular Hbond substituents is 1. The minimum atomic E-state index is -0.446. The predicted molar refractivity (Wildman–Crippen MR) is 82.5 cm³/mol. The monoisotopic (exact) mass is 316 g/mol. The molecule has 1 N–H and O–H groups in total. The number of halogens is 1. The molecular weight excluding hydrogens is 304 g/mol. The SMILES string of the molecule is O=C(CC(=O)c1ccc(O)cc1)CC(=O)c1ccc(Cl)cc1. The second-order valence-corrected chi connectivity index (χ2v) is 5.23. The zero-order chi connectivity index (χ0) is 16.1. The van der Waals surface area contributed by atoms with Gasteiger partial charge in [0, 0.05) is 16.1 Å². The summed E-state index contributed by atoms with van der Waals surface area (Å²) in [7, 11) is 0. The van der Waals surface area contributed by atoms with Gasteiger partial charge in [-0.15, -0.1) is 0 Å². The van der Waals surface area contributed by atoms with Crippen LogP contribution >= 0.6 is 11.6 Å². The van der Waals surface area contributed by atoms with E-state index in [2.05, 4.69) is 0 Å². The Hall–Kier alpha value is -2.46. The van der Waals surface area contributed by atoms with Crippen molar-refractivity contribution in [2.45, 2.75) is 12.8 Å². The lowest BCUT2D eigenvalue weighted by atomic mass is 10.0. The number of hydrogen-bond acceptors (Lipinski definition) is 4. The molecule has 0 aliphatic carbocycles. The zero-order valence-corrected chi connectivity index (χ0v) is 12.3. The Balaban J connectivity index is 1.95. The molecule has 0 fully saturated rings. The van der Waals surface area contributed by atoms with Gasteiger partial charge in [-0.25, -0.2) is 0 Å². The quantitative estimate of drug-likeness (QED) is 0.654. The van der Waals surface area contributed by atoms with Crippen LogP contribution < -0.4 is 0 Å². The first-order valence-electron chi connectivity index (χ1n) is 6.58. The summed E-state index contributed by atoms with van der Waals surface area (Å²) in [5.41, 5.74) is 0.708. The molecule has 22 heavy (non-hydrogen) atoms. The summed E-state index contributed by atoms with van der Waals surface area (Å²) in [6, 6.07) is 11.8. The normalized spacial score (nSPS) is 10.2. The molecular formula is C17H13ClO4. The number of phenols is 1. The van der Waals surface area contributed by atoms with E-state index in [1.807, 2.05) is 0 Å². The van der Waals surface area contributed by atoms with Crippen LogP contribution in [-0.4, -0.2) is 22.5 Å². The number of carbonyl (C=O) groups excluding carboxylic acids is 3. The molecule has 0 radical (unpaired) electrons. The highest BCUT2D eigenvalue weighted by molar-refractivity contribution is 6.30. The first-order chi connectivity index (χ1) is 10.5. The van der Waals surface area contributed by atoms with Gasteiger partial charge in [0.15, 0.2) is 11.6 Å². The van der Waals surface area contributed by atoms with Gasteiger partial charge in [-0.2, -0.15) is 0 Å². The van der Waals surface area contributed by atoms with Gasteiger partial charge >= 0.3 is 0 Å². The Kier molecular flexibility index (Phi) is 5.07. The molecule has 0 saturated carbocycles. The van der Waals surface area contributed by atoms with E-state index >= 15 is 0 Å². The third-order valence-corrected chi connectivity index (χ3v) is 3.32. The van der Waals surface area contributed by atoms with Crippen LogP contribution in [0.2, 0.25) is 5.02 Å². The lowest BCUT2D eigenvalue weighted by Gasteiger charge is -2.02. The topological polar surface area (TPSA) is 71.4 Å². The molecule has 0 aromatic heterocycles. The van der Waals surface area contributed by atoms with E-state index in [1.54, 1.807) is 24.3 Å². The van der Waals surface area contributed by atoms with Gasteiger partial charge in [0.2, 0.25) is 0 Å². The van der Waals surface area contributed by atoms with E-state index in [1.165, 1.54) is 24.3 Å². The summed E-state index contributed by atoms with van der Waals surface area (Å²) in [5.74, 6) is -1.13. The molecule has 2 rings (SSSR count). The molecule has 0 bridgehead atoms. The molecule has 0 unspecified atom stereocenters. The first kappa shape index (κ1) is 15.9. The summed E-state index contributed by atoms with van der Waals surface area (Å²) in [6.45, 7) is 0. The van der Waals surface area contributed by atoms with Crippen molar-refractivity contribution in [3.63, 3.8) is 0 Å². The molecule has 0 amide bonds. The maximum absolute atomic E-state index is 11.9. The smallest absolute Gasteiger partial charge is 0.170 e. The van der Waals surface area contributed by atoms with Crippen LogP contribution in [0, 0.1) is 0 Å². The lowest BCUT2D eigenvalue weighted by molar-refractivity contribution is -0.117. The van der Waals surface area contributed by atoms with Gasteiger partial charge in [0.25, 0.3) is 0 Å². The predicted octanol–water partition coefficient (Wildman–Crippen LogP) is 3.46. The van der Waals surface area contributed by atoms with E-state index in [9.17, 15) is 14.4 Å². The van der Waals surface area contributed by atoms with Crippen molar-refractivity contribution in [2.24, 2.45) is 0 Å². The van der Waals surface area contributed by atoms with E-state index in [0.29, 0.717) is 16.1 Å². The maximum Gasteiger partial charge on any atom is 0.170 e. The molecule has 4 nitrogen and oxygen atoms in total. The van der Waals surface area contributed by atoms with Crippen LogP contribution in [0.15, 0.2) is 48.5 Å². The lowest BCUT2D eigenvalue weighted by Crippen LogP contribution is -2.13. The van der Waals surface area contributed by atoms with Gasteiger partial charge in [0.05, 0.1) is 12.8 Å². The first-order valence-corrected chi connectivity index (χ1v) is 6.96. The number of Topliss-reactive ketones (excluding diaryl/α,β-unsaturated/α-hetero) is 3. The maximum atomic E-state index is 11.9. The molecule has 5 heteroatoms. The Labute approximate surface area is 132 Å². The number of hydrogen-bond donors (Lipinski definition) is 1. The van der Waals surface area contributed by atoms with Crippen molar-refractivity contribution in [1.29, 1.82) is 0 Å². The van der Waals surface area contributed by atoms with Gasteiger partial charge in [-0.05, 0) is 48.5 Å². The highest BCUT2D eigenvalue weighted by atomic mass is 35.5. The van der Waals surface area contributed by atoms with E-state index in [-0.39, 0.29) is 30.2 Å². The molecule has 2 aromatic rings. The summed E-state index contributed by atoms with van der Waals surface area (Å²) in [5, 5.41) is 9.66. The van der Waals surface area contributed by atoms with Gasteiger partial charge in [-0.3, -0.25) is 14.4 Å². The van der Waals surface area contributed by atoms with Gasteiger partial charge in [-0.1, -0.05) is 11.6 Å². The van der Waals surface area contributed by atoms with E-state index in [0.717, 1.165) is 0 Å². The van der Waals surface area contributed by atoms with Crippen LogP contribution in [0.1, 0.15) is 33.6 Å². The number of aromatic hydroxyl groups is 1. The second-order valence-electron chi connectivity index (χ2n) is 4.79. The van der Waals surface area contributed by atoms with Crippen molar-refractivity contribution < 1.29 is 19.5 Å². The third kappa shape index (κ3) is 4.27. The fourth-order valence-corrected chi connectivity index (χ4v) is 2.03. The standard InChI is InChI=1S/C17H13ClO4/c18-13-5-1-11(2-6-13)16(21)9-15(20)10-17(22)12-3-7-14(19)8-4-12/h1-8,19H,9-10H2. The molecule has 0 atom stereocenters. The largest absolute Gasteiger partial charge is 0.508 e. The number of benzene rings is 2. The fraction of sp³-hybridized carbons (Fsp3) is 0.118. The third-order valence-electron chi connectivity index (χ3n) is 3.07. The number of rotatable bonds is 6. The minimum absolute atomic E-state index is 0.0424. The summed E-state index contributed by atoms with van der Waals surface area (Å²) >= 11 is 5.73. The zero-order valence-electron chi connectivity index (χ0n) is 11.6. The molecule has 0 spiro atoms. The Bertz CT molecular complexity index is 641. The van der Waals surface area contributed by atoms with Gasteiger partial charge < -0.3 is 5.11 Å². The second kappa shape index (κ2) is 7.00. The van der Waals surface area contributed by atoms with E-state index < -0.39 is 5.78 Å². The highest BCUT2D eigenvalue weighted by Crippen LogP contribution is 2.14. The van der Waals surface area contributed by atoms with Crippen molar-refractivity contribution >= 4 is 29.0 Å². The van der Waals surface area contributed by atoms with Crippen LogP contribution in [0.4, 0.5) is 0 Å². The van der Waals surface area contributed by atoms with Crippen LogP contribution in [0.25, 0.3) is 0 Å². The fourth-order valence-electron chi connectivity index (χ4n) is 1.91. The van der Waals surface area contributed by atoms with Crippen molar-refractivity contribution in [3.05, 3.63) is 64.7 Å². The van der Waals surface area contributed by atoms with Crippen LogP contribution in [-0.2, 0) is 4.79 Å². The molecule has 112 valence electrons. The van der Waals surface area contributed by atoms with E-state index in [4.69, 9.17) is 16.7 Å². The number of carbonyl (C=O) groups is 3. The Morgan fingerprint density at radius 3 is 1.64 bits per heavy atom. The van der Waals surface area contributed by atoms with Crippen molar-refractivity contribution in [2.75, 3.05) is 0 Å². The average molecular weight is 317 g/mol. The highest BCUT2D eigenvalue weighted by Gasteiger charge is 2.16. The molecule has 2 aromatic carbocycles. The average Bonchev–Trinajstić information content (AvgIpc) is 2.48. The Morgan fingerprint density at radius 1 is 0.773 bits per heavy atom. The van der Waals surface area contributed by atoms with Crippen molar-refractivity contribution in [1.82, 2.24) is 0 Å². The van der Waals surface area contributed by atoms with Crippen molar-refractivity contribution in [3.8, 4) is 5.75 Å². The van der Waals surface area contributed by atoms with Gasteiger partial charge in [0.1, 0.15) is 11.5 Å². The van der Waals surface area contributed by atoms with Crippen LogP contribution in [0.5, 0.6) is 5.75 Å². The summed E-state index contributed by atoms with van der Waals surface area (Å²) < 4.78 is 0.